The third-order valence-electron chi connectivity index (χ3n) is 4.14. The highest BCUT2D eigenvalue weighted by Gasteiger charge is 2.34. The Morgan fingerprint density at radius 2 is 2.10 bits per heavy atom. The number of nitrogens with one attached hydrogen (secondary N) is 1. The summed E-state index contributed by atoms with van der Waals surface area (Å²) in [5, 5.41) is 3.23. The lowest BCUT2D eigenvalue weighted by molar-refractivity contribution is 0.187. The van der Waals surface area contributed by atoms with Crippen LogP contribution >= 0.6 is 0 Å². The van der Waals surface area contributed by atoms with Gasteiger partial charge in [0.05, 0.1) is 0 Å². The number of sulfonamides is 1. The minimum absolute atomic E-state index is 0.0622. The number of hydrogen-bond donors (Lipinski definition) is 1. The van der Waals surface area contributed by atoms with Crippen molar-refractivity contribution in [3.8, 4) is 0 Å². The Bertz CT molecular complexity index is 590. The summed E-state index contributed by atoms with van der Waals surface area (Å²) in [5.74, 6) is 0. The average molecular weight is 313 g/mol. The fourth-order valence-electron chi connectivity index (χ4n) is 2.87. The first-order valence-corrected chi connectivity index (χ1v) is 9.06. The number of piperidine rings is 1. The molecule has 2 heterocycles. The molecule has 0 radical (unpaired) electrons. The molecule has 0 spiro atoms. The lowest BCUT2D eigenvalue weighted by atomic mass is 9.85. The van der Waals surface area contributed by atoms with E-state index in [0.717, 1.165) is 25.1 Å². The lowest BCUT2D eigenvalue weighted by Crippen LogP contribution is -2.43. The fraction of sp³-hybridized carbons (Fsp3) is 0.733. The number of aryl methyl sites for hydroxylation is 1. The molecule has 5 nitrogen and oxygen atoms in total. The standard InChI is InChI=1S/C15H27N3O2S/c1-5-16-10-13-9-14(11-17(13)4)21(19,20)18-8-6-7-15(2,3)12-18/h9,11,16H,5-8,10,12H2,1-4H3. The zero-order valence-corrected chi connectivity index (χ0v) is 14.3. The molecule has 1 saturated heterocycles. The van der Waals surface area contributed by atoms with Gasteiger partial charge < -0.3 is 9.88 Å². The van der Waals surface area contributed by atoms with Crippen LogP contribution in [0.25, 0.3) is 0 Å². The molecule has 0 aromatic carbocycles. The van der Waals surface area contributed by atoms with Crippen LogP contribution in [0, 0.1) is 5.41 Å². The van der Waals surface area contributed by atoms with Crippen LogP contribution in [-0.4, -0.2) is 36.9 Å². The van der Waals surface area contributed by atoms with Crippen LogP contribution < -0.4 is 5.32 Å². The van der Waals surface area contributed by atoms with Crippen LogP contribution in [0.2, 0.25) is 0 Å². The van der Waals surface area contributed by atoms with Crippen molar-refractivity contribution in [1.29, 1.82) is 0 Å². The minimum atomic E-state index is -3.38. The second-order valence-electron chi connectivity index (χ2n) is 6.66. The first kappa shape index (κ1) is 16.5. The fourth-order valence-corrected chi connectivity index (χ4v) is 4.63. The quantitative estimate of drug-likeness (QED) is 0.904. The predicted octanol–water partition coefficient (Wildman–Crippen LogP) is 1.95. The van der Waals surface area contributed by atoms with Gasteiger partial charge in [0.25, 0.3) is 0 Å². The van der Waals surface area contributed by atoms with Crippen LogP contribution in [0.1, 0.15) is 39.3 Å². The molecule has 1 aliphatic heterocycles. The molecule has 2 rings (SSSR count). The normalized spacial score (nSPS) is 19.8. The molecule has 1 aromatic rings. The van der Waals surface area contributed by atoms with E-state index in [1.54, 1.807) is 16.6 Å². The van der Waals surface area contributed by atoms with Gasteiger partial charge in [0.15, 0.2) is 0 Å². The van der Waals surface area contributed by atoms with E-state index in [-0.39, 0.29) is 5.41 Å². The Labute approximate surface area is 128 Å². The lowest BCUT2D eigenvalue weighted by Gasteiger charge is -2.36. The van der Waals surface area contributed by atoms with Gasteiger partial charge in [-0.1, -0.05) is 20.8 Å². The molecule has 0 aliphatic carbocycles. The van der Waals surface area contributed by atoms with Gasteiger partial charge >= 0.3 is 0 Å². The third-order valence-corrected chi connectivity index (χ3v) is 5.95. The van der Waals surface area contributed by atoms with Gasteiger partial charge in [-0.05, 0) is 30.9 Å². The van der Waals surface area contributed by atoms with E-state index < -0.39 is 10.0 Å². The van der Waals surface area contributed by atoms with Crippen molar-refractivity contribution >= 4 is 10.0 Å². The van der Waals surface area contributed by atoms with Crippen LogP contribution in [0.3, 0.4) is 0 Å². The summed E-state index contributed by atoms with van der Waals surface area (Å²) in [6, 6.07) is 1.79. The summed E-state index contributed by atoms with van der Waals surface area (Å²) < 4.78 is 29.1. The van der Waals surface area contributed by atoms with Crippen molar-refractivity contribution in [1.82, 2.24) is 14.2 Å². The number of hydrogen-bond acceptors (Lipinski definition) is 3. The Morgan fingerprint density at radius 1 is 1.38 bits per heavy atom. The summed E-state index contributed by atoms with van der Waals surface area (Å²) in [7, 11) is -1.48. The second-order valence-corrected chi connectivity index (χ2v) is 8.60. The van der Waals surface area contributed by atoms with Crippen molar-refractivity contribution in [3.63, 3.8) is 0 Å². The van der Waals surface area contributed by atoms with Crippen LogP contribution in [0.15, 0.2) is 17.2 Å². The first-order valence-electron chi connectivity index (χ1n) is 7.62. The summed E-state index contributed by atoms with van der Waals surface area (Å²) in [5.41, 5.74) is 1.05. The monoisotopic (exact) mass is 313 g/mol. The average Bonchev–Trinajstić information content (AvgIpc) is 2.77. The molecule has 120 valence electrons. The van der Waals surface area contributed by atoms with E-state index in [1.165, 1.54) is 0 Å². The van der Waals surface area contributed by atoms with Crippen LogP contribution in [0.4, 0.5) is 0 Å². The molecular weight excluding hydrogens is 286 g/mol. The van der Waals surface area contributed by atoms with Gasteiger partial charge in [-0.15, -0.1) is 0 Å². The maximum Gasteiger partial charge on any atom is 0.244 e. The van der Waals surface area contributed by atoms with Crippen LogP contribution in [0.5, 0.6) is 0 Å². The molecule has 1 N–H and O–H groups in total. The van der Waals surface area contributed by atoms with Gasteiger partial charge in [-0.3, -0.25) is 0 Å². The van der Waals surface area contributed by atoms with Gasteiger partial charge in [0.2, 0.25) is 10.0 Å². The third kappa shape index (κ3) is 3.67. The highest BCUT2D eigenvalue weighted by atomic mass is 32.2. The van der Waals surface area contributed by atoms with E-state index in [0.29, 0.717) is 24.5 Å². The highest BCUT2D eigenvalue weighted by Crippen LogP contribution is 2.32. The number of rotatable bonds is 5. The SMILES string of the molecule is CCNCc1cc(S(=O)(=O)N2CCCC(C)(C)C2)cn1C. The Kier molecular flexibility index (Phi) is 4.80. The Balaban J connectivity index is 2.23. The highest BCUT2D eigenvalue weighted by molar-refractivity contribution is 7.89. The smallest absolute Gasteiger partial charge is 0.244 e. The zero-order chi connectivity index (χ0) is 15.7. The summed E-state index contributed by atoms with van der Waals surface area (Å²) in [4.78, 5) is 0.413. The molecule has 0 atom stereocenters. The van der Waals surface area contributed by atoms with Crippen LogP contribution in [-0.2, 0) is 23.6 Å². The maximum absolute atomic E-state index is 12.8. The molecule has 21 heavy (non-hydrogen) atoms. The van der Waals surface area contributed by atoms with Crippen molar-refractivity contribution in [3.05, 3.63) is 18.0 Å². The first-order chi connectivity index (χ1) is 9.76. The largest absolute Gasteiger partial charge is 0.352 e. The molecule has 1 aliphatic rings. The molecule has 0 saturated carbocycles. The second kappa shape index (κ2) is 6.10. The molecule has 1 fully saturated rings. The molecule has 0 unspecified atom stereocenters. The van der Waals surface area contributed by atoms with E-state index >= 15 is 0 Å². The van der Waals surface area contributed by atoms with Gasteiger partial charge in [0.1, 0.15) is 4.90 Å². The predicted molar refractivity (Wildman–Crippen MR) is 84.6 cm³/mol. The summed E-state index contributed by atoms with van der Waals surface area (Å²) >= 11 is 0. The number of nitrogens with zero attached hydrogens (tertiary/aromatic N) is 2. The van der Waals surface area contributed by atoms with E-state index in [2.05, 4.69) is 19.2 Å². The van der Waals surface area contributed by atoms with E-state index in [1.807, 2.05) is 18.5 Å². The number of aromatic nitrogens is 1. The summed E-state index contributed by atoms with van der Waals surface area (Å²) in [6.45, 7) is 9.10. The molecule has 1 aromatic heterocycles. The van der Waals surface area contributed by atoms with Crippen molar-refractivity contribution < 1.29 is 8.42 Å². The van der Waals surface area contributed by atoms with Gasteiger partial charge in [-0.2, -0.15) is 4.31 Å². The zero-order valence-electron chi connectivity index (χ0n) is 13.5. The van der Waals surface area contributed by atoms with Gasteiger partial charge in [0, 0.05) is 38.6 Å². The van der Waals surface area contributed by atoms with Crippen molar-refractivity contribution in [2.75, 3.05) is 19.6 Å². The topological polar surface area (TPSA) is 54.3 Å². The van der Waals surface area contributed by atoms with E-state index in [4.69, 9.17) is 0 Å². The van der Waals surface area contributed by atoms with E-state index in [9.17, 15) is 8.42 Å². The summed E-state index contributed by atoms with van der Waals surface area (Å²) in [6.07, 6.45) is 3.74. The molecule has 0 amide bonds. The van der Waals surface area contributed by atoms with Crippen molar-refractivity contribution in [2.24, 2.45) is 12.5 Å². The van der Waals surface area contributed by atoms with Gasteiger partial charge in [-0.25, -0.2) is 8.42 Å². The molecular formula is C15H27N3O2S. The Morgan fingerprint density at radius 3 is 2.71 bits per heavy atom. The Hall–Kier alpha value is -0.850. The van der Waals surface area contributed by atoms with Crippen molar-refractivity contribution in [2.45, 2.75) is 45.1 Å². The molecule has 6 heteroatoms. The molecule has 0 bridgehead atoms. The minimum Gasteiger partial charge on any atom is -0.352 e. The maximum atomic E-state index is 12.8.